The van der Waals surface area contributed by atoms with E-state index in [1.807, 2.05) is 6.92 Å². The van der Waals surface area contributed by atoms with Crippen LogP contribution in [0.3, 0.4) is 0 Å². The van der Waals surface area contributed by atoms with E-state index in [1.165, 1.54) is 13.2 Å². The Bertz CT molecular complexity index is 617. The molecule has 2 rings (SSSR count). The molecule has 0 spiro atoms. The van der Waals surface area contributed by atoms with E-state index in [4.69, 9.17) is 14.2 Å². The Balaban J connectivity index is 0.00000420. The minimum Gasteiger partial charge on any atom is -0.493 e. The number of aliphatic imine (C=N–C) groups is 1. The number of halogens is 3. The fraction of sp³-hybridized carbons (Fsp3) is 0.632. The standard InChI is InChI=1S/C19H29F2N3O4.HI/c1-3-22-19(23-8-4-9-27-15-7-10-26-13-15)24-12-14-5-6-16(25-2)17(11-14)28-18(20)21;/h5-6,11,15,18H,3-4,7-10,12-13H2,1-2H3,(H2,22,23,24);1H. The minimum atomic E-state index is -2.91. The van der Waals surface area contributed by atoms with Gasteiger partial charge in [-0.25, -0.2) is 4.99 Å². The van der Waals surface area contributed by atoms with E-state index < -0.39 is 6.61 Å². The summed E-state index contributed by atoms with van der Waals surface area (Å²) in [5, 5.41) is 6.39. The van der Waals surface area contributed by atoms with Gasteiger partial charge in [0.15, 0.2) is 17.5 Å². The lowest BCUT2D eigenvalue weighted by atomic mass is 10.2. The van der Waals surface area contributed by atoms with Gasteiger partial charge in [-0.3, -0.25) is 0 Å². The summed E-state index contributed by atoms with van der Waals surface area (Å²) in [7, 11) is 1.40. The average molecular weight is 529 g/mol. The molecular formula is C19H30F2IN3O4. The number of nitrogens with one attached hydrogen (secondary N) is 2. The van der Waals surface area contributed by atoms with Crippen molar-refractivity contribution in [2.45, 2.75) is 39.0 Å². The number of rotatable bonds is 11. The number of nitrogens with zero attached hydrogens (tertiary/aromatic N) is 1. The van der Waals surface area contributed by atoms with Crippen molar-refractivity contribution in [1.29, 1.82) is 0 Å². The first-order chi connectivity index (χ1) is 13.6. The zero-order valence-electron chi connectivity index (χ0n) is 16.8. The largest absolute Gasteiger partial charge is 0.493 e. The summed E-state index contributed by atoms with van der Waals surface area (Å²) in [6.07, 6.45) is 2.01. The van der Waals surface area contributed by atoms with Gasteiger partial charge in [0.05, 0.1) is 26.4 Å². The summed E-state index contributed by atoms with van der Waals surface area (Å²) in [6, 6.07) is 4.87. The summed E-state index contributed by atoms with van der Waals surface area (Å²) >= 11 is 0. The molecule has 1 fully saturated rings. The molecule has 1 saturated heterocycles. The van der Waals surface area contributed by atoms with E-state index in [2.05, 4.69) is 20.4 Å². The Labute approximate surface area is 187 Å². The molecule has 1 unspecified atom stereocenters. The lowest BCUT2D eigenvalue weighted by molar-refractivity contribution is -0.0512. The van der Waals surface area contributed by atoms with Gasteiger partial charge >= 0.3 is 6.61 Å². The zero-order valence-corrected chi connectivity index (χ0v) is 19.1. The maximum atomic E-state index is 12.5. The number of hydrogen-bond acceptors (Lipinski definition) is 5. The van der Waals surface area contributed by atoms with Gasteiger partial charge < -0.3 is 29.6 Å². The second-order valence-corrected chi connectivity index (χ2v) is 6.20. The van der Waals surface area contributed by atoms with Crippen LogP contribution in [-0.4, -0.2) is 58.7 Å². The fourth-order valence-corrected chi connectivity index (χ4v) is 2.69. The molecule has 1 aromatic rings. The highest BCUT2D eigenvalue weighted by atomic mass is 127. The summed E-state index contributed by atoms with van der Waals surface area (Å²) in [5.74, 6) is 0.903. The summed E-state index contributed by atoms with van der Waals surface area (Å²) in [4.78, 5) is 4.48. The molecule has 0 saturated carbocycles. The second-order valence-electron chi connectivity index (χ2n) is 6.20. The molecule has 166 valence electrons. The first-order valence-electron chi connectivity index (χ1n) is 9.45. The third kappa shape index (κ3) is 9.77. The van der Waals surface area contributed by atoms with Crippen molar-refractivity contribution in [2.24, 2.45) is 4.99 Å². The predicted octanol–water partition coefficient (Wildman–Crippen LogP) is 3.17. The van der Waals surface area contributed by atoms with Gasteiger partial charge in [-0.2, -0.15) is 8.78 Å². The highest BCUT2D eigenvalue weighted by Crippen LogP contribution is 2.29. The molecular weight excluding hydrogens is 499 g/mol. The van der Waals surface area contributed by atoms with Crippen LogP contribution >= 0.6 is 24.0 Å². The molecule has 29 heavy (non-hydrogen) atoms. The Kier molecular flexibility index (Phi) is 12.9. The predicted molar refractivity (Wildman–Crippen MR) is 118 cm³/mol. The fourth-order valence-electron chi connectivity index (χ4n) is 2.69. The SMILES string of the molecule is CCNC(=NCc1ccc(OC)c(OC(F)F)c1)NCCCOC1CCOC1.I. The highest BCUT2D eigenvalue weighted by molar-refractivity contribution is 14.0. The van der Waals surface area contributed by atoms with Crippen LogP contribution in [0.15, 0.2) is 23.2 Å². The Hall–Kier alpha value is -1.40. The normalized spacial score (nSPS) is 16.4. The van der Waals surface area contributed by atoms with Gasteiger partial charge in [0.1, 0.15) is 0 Å². The van der Waals surface area contributed by atoms with Gasteiger partial charge in [0, 0.05) is 26.3 Å². The van der Waals surface area contributed by atoms with E-state index in [9.17, 15) is 8.78 Å². The van der Waals surface area contributed by atoms with Crippen LogP contribution in [0, 0.1) is 0 Å². The number of guanidine groups is 1. The lowest BCUT2D eigenvalue weighted by Gasteiger charge is -2.13. The second kappa shape index (κ2) is 14.6. The van der Waals surface area contributed by atoms with E-state index in [1.54, 1.807) is 12.1 Å². The molecule has 0 radical (unpaired) electrons. The molecule has 1 atom stereocenters. The number of hydrogen-bond donors (Lipinski definition) is 2. The summed E-state index contributed by atoms with van der Waals surface area (Å²) < 4.78 is 45.6. The van der Waals surface area contributed by atoms with Crippen LogP contribution in [0.25, 0.3) is 0 Å². The van der Waals surface area contributed by atoms with Crippen molar-refractivity contribution >= 4 is 29.9 Å². The molecule has 1 aliphatic heterocycles. The van der Waals surface area contributed by atoms with Crippen molar-refractivity contribution in [3.63, 3.8) is 0 Å². The summed E-state index contributed by atoms with van der Waals surface area (Å²) in [5.41, 5.74) is 0.734. The first kappa shape index (κ1) is 25.6. The van der Waals surface area contributed by atoms with Crippen molar-refractivity contribution in [2.75, 3.05) is 40.0 Å². The van der Waals surface area contributed by atoms with Gasteiger partial charge in [0.25, 0.3) is 0 Å². The topological polar surface area (TPSA) is 73.3 Å². The minimum absolute atomic E-state index is 0. The Morgan fingerprint density at radius 3 is 2.79 bits per heavy atom. The molecule has 1 aliphatic rings. The van der Waals surface area contributed by atoms with E-state index >= 15 is 0 Å². The van der Waals surface area contributed by atoms with Crippen LogP contribution in [0.5, 0.6) is 11.5 Å². The molecule has 1 aromatic carbocycles. The van der Waals surface area contributed by atoms with Crippen molar-refractivity contribution in [1.82, 2.24) is 10.6 Å². The van der Waals surface area contributed by atoms with Crippen molar-refractivity contribution in [3.05, 3.63) is 23.8 Å². The van der Waals surface area contributed by atoms with E-state index in [0.29, 0.717) is 38.8 Å². The molecule has 10 heteroatoms. The monoisotopic (exact) mass is 529 g/mol. The average Bonchev–Trinajstić information content (AvgIpc) is 3.19. The summed E-state index contributed by atoms with van der Waals surface area (Å²) in [6.45, 7) is 2.91. The molecule has 0 bridgehead atoms. The van der Waals surface area contributed by atoms with E-state index in [0.717, 1.165) is 25.0 Å². The molecule has 0 aliphatic carbocycles. The number of alkyl halides is 2. The highest BCUT2D eigenvalue weighted by Gasteiger charge is 2.15. The Morgan fingerprint density at radius 1 is 1.31 bits per heavy atom. The molecule has 2 N–H and O–H groups in total. The van der Waals surface area contributed by atoms with Crippen LogP contribution in [0.1, 0.15) is 25.3 Å². The van der Waals surface area contributed by atoms with Gasteiger partial charge in [-0.15, -0.1) is 24.0 Å². The van der Waals surface area contributed by atoms with Gasteiger partial charge in [0.2, 0.25) is 0 Å². The quantitative estimate of drug-likeness (QED) is 0.199. The third-order valence-corrected chi connectivity index (χ3v) is 4.06. The smallest absolute Gasteiger partial charge is 0.387 e. The third-order valence-electron chi connectivity index (χ3n) is 4.06. The Morgan fingerprint density at radius 2 is 2.14 bits per heavy atom. The van der Waals surface area contributed by atoms with Gasteiger partial charge in [-0.1, -0.05) is 6.07 Å². The van der Waals surface area contributed by atoms with Crippen molar-refractivity contribution in [3.8, 4) is 11.5 Å². The van der Waals surface area contributed by atoms with Crippen LogP contribution < -0.4 is 20.1 Å². The number of ether oxygens (including phenoxy) is 4. The zero-order chi connectivity index (χ0) is 20.2. The lowest BCUT2D eigenvalue weighted by Crippen LogP contribution is -2.38. The molecule has 0 aromatic heterocycles. The number of methoxy groups -OCH3 is 1. The maximum Gasteiger partial charge on any atom is 0.387 e. The van der Waals surface area contributed by atoms with Crippen LogP contribution in [-0.2, 0) is 16.0 Å². The molecule has 7 nitrogen and oxygen atoms in total. The molecule has 0 amide bonds. The molecule has 1 heterocycles. The van der Waals surface area contributed by atoms with Crippen molar-refractivity contribution < 1.29 is 27.7 Å². The van der Waals surface area contributed by atoms with Crippen LogP contribution in [0.4, 0.5) is 8.78 Å². The van der Waals surface area contributed by atoms with Gasteiger partial charge in [-0.05, 0) is 37.5 Å². The maximum absolute atomic E-state index is 12.5. The first-order valence-corrected chi connectivity index (χ1v) is 9.45. The number of benzene rings is 1. The van der Waals surface area contributed by atoms with Crippen LogP contribution in [0.2, 0.25) is 0 Å². The van der Waals surface area contributed by atoms with E-state index in [-0.39, 0.29) is 41.6 Å².